The van der Waals surface area contributed by atoms with Crippen molar-refractivity contribution in [2.75, 3.05) is 5.32 Å². The molecule has 4 nitrogen and oxygen atoms in total. The molecule has 1 fully saturated rings. The first-order valence-corrected chi connectivity index (χ1v) is 8.88. The third-order valence-corrected chi connectivity index (χ3v) is 5.97. The van der Waals surface area contributed by atoms with E-state index in [-0.39, 0.29) is 17.6 Å². The Morgan fingerprint density at radius 1 is 1.24 bits per heavy atom. The van der Waals surface area contributed by atoms with Gasteiger partial charge in [-0.3, -0.25) is 14.8 Å². The van der Waals surface area contributed by atoms with Crippen molar-refractivity contribution in [3.05, 3.63) is 64.3 Å². The summed E-state index contributed by atoms with van der Waals surface area (Å²) in [6, 6.07) is 9.00. The topological polar surface area (TPSA) is 54.9 Å². The second kappa shape index (κ2) is 5.08. The fourth-order valence-electron chi connectivity index (χ4n) is 4.15. The molecular formula is C19H13BrFN3O. The maximum absolute atomic E-state index is 13.9. The third-order valence-electron chi connectivity index (χ3n) is 5.37. The Kier molecular flexibility index (Phi) is 3.04. The fraction of sp³-hybridized carbons (Fsp3) is 0.211. The zero-order valence-electron chi connectivity index (χ0n) is 13.1. The molecule has 1 aliphatic heterocycles. The molecule has 1 N–H and O–H groups in total. The van der Waals surface area contributed by atoms with E-state index in [0.29, 0.717) is 22.8 Å². The Balaban J connectivity index is 1.64. The number of nitrogens with zero attached hydrogens (tertiary/aromatic N) is 2. The van der Waals surface area contributed by atoms with Gasteiger partial charge in [0.1, 0.15) is 5.82 Å². The van der Waals surface area contributed by atoms with Gasteiger partial charge in [-0.05, 0) is 47.0 Å². The Morgan fingerprint density at radius 3 is 2.84 bits per heavy atom. The van der Waals surface area contributed by atoms with Gasteiger partial charge in [0.15, 0.2) is 0 Å². The molecule has 6 heteroatoms. The number of anilines is 1. The predicted molar refractivity (Wildman–Crippen MR) is 95.9 cm³/mol. The highest BCUT2D eigenvalue weighted by atomic mass is 79.9. The van der Waals surface area contributed by atoms with Gasteiger partial charge in [-0.25, -0.2) is 4.39 Å². The number of carbonyl (C=O) groups is 1. The Labute approximate surface area is 151 Å². The van der Waals surface area contributed by atoms with Crippen molar-refractivity contribution in [3.63, 3.8) is 0 Å². The van der Waals surface area contributed by atoms with Crippen molar-refractivity contribution in [1.82, 2.24) is 9.97 Å². The highest BCUT2D eigenvalue weighted by Crippen LogP contribution is 2.58. The summed E-state index contributed by atoms with van der Waals surface area (Å²) in [5.74, 6) is -0.0966. The van der Waals surface area contributed by atoms with E-state index in [1.165, 1.54) is 6.07 Å². The zero-order chi connectivity index (χ0) is 17.2. The van der Waals surface area contributed by atoms with Crippen LogP contribution in [0.25, 0.3) is 10.9 Å². The third kappa shape index (κ3) is 2.00. The molecule has 0 unspecified atom stereocenters. The van der Waals surface area contributed by atoms with E-state index in [0.717, 1.165) is 22.3 Å². The minimum Gasteiger partial charge on any atom is -0.324 e. The minimum atomic E-state index is -0.573. The lowest BCUT2D eigenvalue weighted by Crippen LogP contribution is -2.45. The first-order chi connectivity index (χ1) is 12.1. The van der Waals surface area contributed by atoms with Crippen LogP contribution in [0.5, 0.6) is 0 Å². The highest BCUT2D eigenvalue weighted by Gasteiger charge is 2.57. The summed E-state index contributed by atoms with van der Waals surface area (Å²) < 4.78 is 14.3. The van der Waals surface area contributed by atoms with E-state index < -0.39 is 5.41 Å². The van der Waals surface area contributed by atoms with Crippen LogP contribution in [0.1, 0.15) is 30.0 Å². The number of nitrogens with one attached hydrogen (secondary N) is 1. The Morgan fingerprint density at radius 2 is 2.08 bits per heavy atom. The number of benzene rings is 1. The summed E-state index contributed by atoms with van der Waals surface area (Å²) >= 11 is 3.25. The summed E-state index contributed by atoms with van der Waals surface area (Å²) in [4.78, 5) is 21.5. The van der Waals surface area contributed by atoms with Gasteiger partial charge >= 0.3 is 0 Å². The zero-order valence-corrected chi connectivity index (χ0v) is 14.7. The van der Waals surface area contributed by atoms with Crippen LogP contribution in [0, 0.1) is 5.82 Å². The van der Waals surface area contributed by atoms with E-state index in [9.17, 15) is 9.18 Å². The van der Waals surface area contributed by atoms with Gasteiger partial charge in [-0.1, -0.05) is 6.07 Å². The van der Waals surface area contributed by atoms with E-state index in [1.54, 1.807) is 18.5 Å². The summed E-state index contributed by atoms with van der Waals surface area (Å²) in [5, 5.41) is 3.78. The largest absolute Gasteiger partial charge is 0.324 e. The van der Waals surface area contributed by atoms with E-state index in [2.05, 4.69) is 31.2 Å². The number of rotatable bonds is 1. The van der Waals surface area contributed by atoms with Crippen molar-refractivity contribution in [2.24, 2.45) is 0 Å². The normalized spacial score (nSPS) is 24.2. The summed E-state index contributed by atoms with van der Waals surface area (Å²) in [6.45, 7) is 0. The molecule has 2 aliphatic rings. The van der Waals surface area contributed by atoms with Crippen molar-refractivity contribution in [1.29, 1.82) is 0 Å². The number of amides is 1. The van der Waals surface area contributed by atoms with Crippen molar-refractivity contribution >= 4 is 38.4 Å². The van der Waals surface area contributed by atoms with Crippen LogP contribution in [0.3, 0.4) is 0 Å². The molecule has 0 bridgehead atoms. The van der Waals surface area contributed by atoms with E-state index in [1.807, 2.05) is 18.2 Å². The van der Waals surface area contributed by atoms with Crippen LogP contribution in [0.15, 0.2) is 47.2 Å². The second-order valence-corrected chi connectivity index (χ2v) is 7.58. The molecule has 1 spiro atoms. The Hall–Kier alpha value is -2.34. The molecule has 3 heterocycles. The molecule has 124 valence electrons. The Bertz CT molecular complexity index is 1030. The first kappa shape index (κ1) is 15.0. The molecule has 1 saturated carbocycles. The molecular weight excluding hydrogens is 385 g/mol. The van der Waals surface area contributed by atoms with Gasteiger partial charge in [0.2, 0.25) is 5.91 Å². The molecule has 25 heavy (non-hydrogen) atoms. The first-order valence-electron chi connectivity index (χ1n) is 8.09. The van der Waals surface area contributed by atoms with Crippen LogP contribution in [0.4, 0.5) is 10.1 Å². The SMILES string of the molecule is O=C1Nc2cnc3cc(F)c(Br)cc3c2[C@]12C[C@@H](c1ccccn1)C2. The molecule has 1 aromatic carbocycles. The van der Waals surface area contributed by atoms with Crippen LogP contribution in [0.2, 0.25) is 0 Å². The lowest BCUT2D eigenvalue weighted by atomic mass is 9.57. The van der Waals surface area contributed by atoms with Crippen molar-refractivity contribution in [3.8, 4) is 0 Å². The number of pyridine rings is 2. The number of aromatic nitrogens is 2. The maximum atomic E-state index is 13.9. The fourth-order valence-corrected chi connectivity index (χ4v) is 4.49. The maximum Gasteiger partial charge on any atom is 0.235 e. The molecule has 3 aromatic rings. The monoisotopic (exact) mass is 397 g/mol. The molecule has 0 atom stereocenters. The second-order valence-electron chi connectivity index (χ2n) is 6.73. The number of halogens is 2. The van der Waals surface area contributed by atoms with E-state index >= 15 is 0 Å². The lowest BCUT2D eigenvalue weighted by Gasteiger charge is -2.43. The van der Waals surface area contributed by atoms with Gasteiger partial charge in [-0.15, -0.1) is 0 Å². The molecule has 1 aliphatic carbocycles. The van der Waals surface area contributed by atoms with Gasteiger partial charge in [-0.2, -0.15) is 0 Å². The van der Waals surface area contributed by atoms with Crippen LogP contribution in [-0.4, -0.2) is 15.9 Å². The molecule has 0 radical (unpaired) electrons. The summed E-state index contributed by atoms with van der Waals surface area (Å²) in [5.41, 5.74) is 2.68. The molecule has 1 amide bonds. The van der Waals surface area contributed by atoms with Gasteiger partial charge in [0.25, 0.3) is 0 Å². The number of carbonyl (C=O) groups excluding carboxylic acids is 1. The van der Waals surface area contributed by atoms with Gasteiger partial charge in [0, 0.05) is 34.8 Å². The summed E-state index contributed by atoms with van der Waals surface area (Å²) in [6.07, 6.45) is 4.82. The van der Waals surface area contributed by atoms with Gasteiger partial charge < -0.3 is 5.32 Å². The smallest absolute Gasteiger partial charge is 0.235 e. The quantitative estimate of drug-likeness (QED) is 0.665. The lowest BCUT2D eigenvalue weighted by molar-refractivity contribution is -0.124. The summed E-state index contributed by atoms with van der Waals surface area (Å²) in [7, 11) is 0. The standard InChI is InChI=1S/C19H13BrFN3O/c20-12-5-11-15(6-13(12)21)23-9-16-17(11)19(18(25)24-16)7-10(8-19)14-3-1-2-4-22-14/h1-6,9-10H,7-8H2,(H,24,25)/t10-,19-. The van der Waals surface area contributed by atoms with Crippen molar-refractivity contribution in [2.45, 2.75) is 24.2 Å². The minimum absolute atomic E-state index is 0.00410. The molecule has 5 rings (SSSR count). The number of hydrogen-bond donors (Lipinski definition) is 1. The average Bonchev–Trinajstić information content (AvgIpc) is 2.88. The predicted octanol–water partition coefficient (Wildman–Crippen LogP) is 4.30. The molecule has 2 aromatic heterocycles. The number of hydrogen-bond acceptors (Lipinski definition) is 3. The van der Waals surface area contributed by atoms with Crippen LogP contribution >= 0.6 is 15.9 Å². The van der Waals surface area contributed by atoms with Crippen LogP contribution < -0.4 is 5.32 Å². The molecule has 0 saturated heterocycles. The highest BCUT2D eigenvalue weighted by molar-refractivity contribution is 9.10. The number of fused-ring (bicyclic) bond motifs is 4. The average molecular weight is 398 g/mol. The van der Waals surface area contributed by atoms with Crippen molar-refractivity contribution < 1.29 is 9.18 Å². The van der Waals surface area contributed by atoms with Gasteiger partial charge in [0.05, 0.1) is 27.3 Å². The van der Waals surface area contributed by atoms with Crippen LogP contribution in [-0.2, 0) is 10.2 Å². The van der Waals surface area contributed by atoms with E-state index in [4.69, 9.17) is 0 Å².